The number of halogens is 1. The molecule has 2 aromatic carbocycles. The third-order valence-corrected chi connectivity index (χ3v) is 4.25. The molecule has 1 aromatic heterocycles. The minimum atomic E-state index is -1.11. The second kappa shape index (κ2) is 6.49. The Morgan fingerprint density at radius 2 is 1.88 bits per heavy atom. The molecular formula is C19H17FN2O3. The van der Waals surface area contributed by atoms with Crippen molar-refractivity contribution in [1.29, 1.82) is 0 Å². The fourth-order valence-electron chi connectivity index (χ4n) is 3.00. The van der Waals surface area contributed by atoms with Gasteiger partial charge in [-0.05, 0) is 42.8 Å². The van der Waals surface area contributed by atoms with Crippen molar-refractivity contribution in [2.24, 2.45) is 5.73 Å². The van der Waals surface area contributed by atoms with Gasteiger partial charge in [0.25, 0.3) is 0 Å². The Morgan fingerprint density at radius 1 is 1.20 bits per heavy atom. The molecule has 3 aromatic rings. The number of nitrogens with two attached hydrogens (primary N) is 1. The Kier molecular flexibility index (Phi) is 4.37. The van der Waals surface area contributed by atoms with Crippen LogP contribution in [0.15, 0.2) is 47.3 Å². The van der Waals surface area contributed by atoms with Gasteiger partial charge >= 0.3 is 5.97 Å². The molecule has 1 heterocycles. The molecule has 0 aliphatic heterocycles. The van der Waals surface area contributed by atoms with E-state index < -0.39 is 23.6 Å². The van der Waals surface area contributed by atoms with E-state index in [9.17, 15) is 14.0 Å². The average molecular weight is 340 g/mol. The summed E-state index contributed by atoms with van der Waals surface area (Å²) in [4.78, 5) is 23.8. The predicted molar refractivity (Wildman–Crippen MR) is 93.5 cm³/mol. The Balaban J connectivity index is 2.39. The first-order chi connectivity index (χ1) is 11.9. The van der Waals surface area contributed by atoms with Crippen molar-refractivity contribution in [3.8, 4) is 5.69 Å². The number of hydrogen-bond donors (Lipinski definition) is 2. The molecule has 5 nitrogen and oxygen atoms in total. The van der Waals surface area contributed by atoms with E-state index in [2.05, 4.69) is 0 Å². The van der Waals surface area contributed by atoms with Crippen molar-refractivity contribution in [3.63, 3.8) is 0 Å². The topological polar surface area (TPSA) is 85.3 Å². The number of aromatic nitrogens is 1. The van der Waals surface area contributed by atoms with Crippen LogP contribution in [0.4, 0.5) is 4.39 Å². The Labute approximate surface area is 143 Å². The molecule has 0 atom stereocenters. The molecule has 6 heteroatoms. The number of benzene rings is 2. The molecular weight excluding hydrogens is 323 g/mol. The highest BCUT2D eigenvalue weighted by molar-refractivity contribution is 5.83. The van der Waals surface area contributed by atoms with Crippen LogP contribution < -0.4 is 11.2 Å². The first kappa shape index (κ1) is 16.9. The fourth-order valence-corrected chi connectivity index (χ4v) is 3.00. The van der Waals surface area contributed by atoms with E-state index in [1.807, 2.05) is 24.3 Å². The lowest BCUT2D eigenvalue weighted by Gasteiger charge is -2.18. The Bertz CT molecular complexity index is 1020. The van der Waals surface area contributed by atoms with E-state index in [0.717, 1.165) is 17.3 Å². The minimum absolute atomic E-state index is 0.147. The van der Waals surface area contributed by atoms with Gasteiger partial charge in [0.05, 0.1) is 11.9 Å². The summed E-state index contributed by atoms with van der Waals surface area (Å²) in [6, 6.07) is 11.4. The summed E-state index contributed by atoms with van der Waals surface area (Å²) in [5, 5.41) is 9.29. The van der Waals surface area contributed by atoms with Gasteiger partial charge in [0, 0.05) is 28.9 Å². The van der Waals surface area contributed by atoms with Gasteiger partial charge in [-0.25, -0.2) is 4.39 Å². The molecule has 0 fully saturated rings. The molecule has 0 radical (unpaired) electrons. The van der Waals surface area contributed by atoms with Crippen molar-refractivity contribution < 1.29 is 14.3 Å². The zero-order valence-electron chi connectivity index (χ0n) is 13.6. The molecule has 3 rings (SSSR count). The summed E-state index contributed by atoms with van der Waals surface area (Å²) in [7, 11) is 0. The van der Waals surface area contributed by atoms with Crippen LogP contribution in [0.2, 0.25) is 0 Å². The zero-order valence-corrected chi connectivity index (χ0v) is 13.6. The van der Waals surface area contributed by atoms with Crippen LogP contribution >= 0.6 is 0 Å². The molecule has 0 unspecified atom stereocenters. The van der Waals surface area contributed by atoms with Crippen LogP contribution in [0.3, 0.4) is 0 Å². The number of nitrogens with zero attached hydrogens (tertiary/aromatic N) is 1. The summed E-state index contributed by atoms with van der Waals surface area (Å²) < 4.78 is 15.4. The highest BCUT2D eigenvalue weighted by Crippen LogP contribution is 2.23. The number of rotatable bonds is 4. The monoisotopic (exact) mass is 340 g/mol. The SMILES string of the molecule is Cc1c(CC(=O)O)c(=O)c2cc(F)ccc2n1-c1ccc(CN)cc1. The van der Waals surface area contributed by atoms with E-state index in [1.54, 1.807) is 11.5 Å². The van der Waals surface area contributed by atoms with Gasteiger partial charge in [0.1, 0.15) is 5.82 Å². The number of hydrogen-bond acceptors (Lipinski definition) is 3. The number of aliphatic carboxylic acids is 1. The quantitative estimate of drug-likeness (QED) is 0.764. The molecule has 0 saturated carbocycles. The lowest BCUT2D eigenvalue weighted by Crippen LogP contribution is -2.21. The average Bonchev–Trinajstić information content (AvgIpc) is 2.59. The molecule has 0 aliphatic rings. The number of carbonyl (C=O) groups is 1. The standard InChI is InChI=1S/C19H17FN2O3/c1-11-15(9-18(23)24)19(25)16-8-13(20)4-7-17(16)22(11)14-5-2-12(10-21)3-6-14/h2-8H,9-10,21H2,1H3,(H,23,24). The number of carboxylic acid groups (broad SMARTS) is 1. The van der Waals surface area contributed by atoms with Gasteiger partial charge in [-0.1, -0.05) is 12.1 Å². The number of carboxylic acids is 1. The van der Waals surface area contributed by atoms with Gasteiger partial charge in [-0.3, -0.25) is 9.59 Å². The van der Waals surface area contributed by atoms with E-state index in [-0.39, 0.29) is 10.9 Å². The van der Waals surface area contributed by atoms with Gasteiger partial charge in [-0.2, -0.15) is 0 Å². The van der Waals surface area contributed by atoms with E-state index >= 15 is 0 Å². The second-order valence-corrected chi connectivity index (χ2v) is 5.83. The van der Waals surface area contributed by atoms with Gasteiger partial charge < -0.3 is 15.4 Å². The van der Waals surface area contributed by atoms with Crippen LogP contribution in [-0.4, -0.2) is 15.6 Å². The summed E-state index contributed by atoms with van der Waals surface area (Å²) in [6.07, 6.45) is -0.419. The first-order valence-corrected chi connectivity index (χ1v) is 7.77. The van der Waals surface area contributed by atoms with Gasteiger partial charge in [0.2, 0.25) is 0 Å². The van der Waals surface area contributed by atoms with Crippen LogP contribution in [0.25, 0.3) is 16.6 Å². The molecule has 0 bridgehead atoms. The third-order valence-electron chi connectivity index (χ3n) is 4.25. The molecule has 0 aliphatic carbocycles. The molecule has 0 amide bonds. The normalized spacial score (nSPS) is 11.0. The van der Waals surface area contributed by atoms with Crippen molar-refractivity contribution in [2.45, 2.75) is 19.9 Å². The van der Waals surface area contributed by atoms with Crippen LogP contribution in [0.1, 0.15) is 16.8 Å². The lowest BCUT2D eigenvalue weighted by molar-refractivity contribution is -0.136. The Morgan fingerprint density at radius 3 is 2.48 bits per heavy atom. The Hall–Kier alpha value is -2.99. The van der Waals surface area contributed by atoms with Crippen molar-refractivity contribution >= 4 is 16.9 Å². The highest BCUT2D eigenvalue weighted by Gasteiger charge is 2.17. The number of pyridine rings is 1. The van der Waals surface area contributed by atoms with Crippen LogP contribution in [0, 0.1) is 12.7 Å². The summed E-state index contributed by atoms with van der Waals surface area (Å²) >= 11 is 0. The molecule has 0 saturated heterocycles. The second-order valence-electron chi connectivity index (χ2n) is 5.83. The number of fused-ring (bicyclic) bond motifs is 1. The maximum atomic E-state index is 13.7. The largest absolute Gasteiger partial charge is 0.481 e. The van der Waals surface area contributed by atoms with Gasteiger partial charge in [0.15, 0.2) is 5.43 Å². The van der Waals surface area contributed by atoms with Gasteiger partial charge in [-0.15, -0.1) is 0 Å². The zero-order chi connectivity index (χ0) is 18.1. The molecule has 3 N–H and O–H groups in total. The fraction of sp³-hybridized carbons (Fsp3) is 0.158. The minimum Gasteiger partial charge on any atom is -0.481 e. The van der Waals surface area contributed by atoms with E-state index in [1.165, 1.54) is 12.1 Å². The summed E-state index contributed by atoms with van der Waals surface area (Å²) in [5.74, 6) is -1.65. The summed E-state index contributed by atoms with van der Waals surface area (Å²) in [5.41, 5.74) is 8.05. The predicted octanol–water partition coefficient (Wildman–Crippen LogP) is 2.52. The van der Waals surface area contributed by atoms with Crippen molar-refractivity contribution in [2.75, 3.05) is 0 Å². The van der Waals surface area contributed by atoms with Crippen molar-refractivity contribution in [3.05, 3.63) is 75.3 Å². The van der Waals surface area contributed by atoms with Crippen molar-refractivity contribution in [1.82, 2.24) is 4.57 Å². The van der Waals surface area contributed by atoms with E-state index in [0.29, 0.717) is 17.8 Å². The highest BCUT2D eigenvalue weighted by atomic mass is 19.1. The smallest absolute Gasteiger partial charge is 0.308 e. The first-order valence-electron chi connectivity index (χ1n) is 7.77. The molecule has 128 valence electrons. The molecule has 0 spiro atoms. The maximum absolute atomic E-state index is 13.7. The summed E-state index contributed by atoms with van der Waals surface area (Å²) in [6.45, 7) is 2.10. The lowest BCUT2D eigenvalue weighted by atomic mass is 10.0. The third kappa shape index (κ3) is 3.04. The molecule has 25 heavy (non-hydrogen) atoms. The van der Waals surface area contributed by atoms with Crippen LogP contribution in [-0.2, 0) is 17.8 Å². The van der Waals surface area contributed by atoms with Crippen LogP contribution in [0.5, 0.6) is 0 Å². The maximum Gasteiger partial charge on any atom is 0.308 e. The van der Waals surface area contributed by atoms with E-state index in [4.69, 9.17) is 10.8 Å².